The van der Waals surface area contributed by atoms with Crippen LogP contribution >= 0.6 is 0 Å². The molecule has 0 radical (unpaired) electrons. The molecule has 3 aromatic heterocycles. The van der Waals surface area contributed by atoms with Gasteiger partial charge < -0.3 is 15.0 Å². The first kappa shape index (κ1) is 18.9. The van der Waals surface area contributed by atoms with Crippen LogP contribution in [-0.4, -0.2) is 80.3 Å². The van der Waals surface area contributed by atoms with Gasteiger partial charge in [-0.1, -0.05) is 11.3 Å². The van der Waals surface area contributed by atoms with E-state index in [2.05, 4.69) is 25.7 Å². The summed E-state index contributed by atoms with van der Waals surface area (Å²) >= 11 is 0. The summed E-state index contributed by atoms with van der Waals surface area (Å²) in [6, 6.07) is 3.73. The van der Waals surface area contributed by atoms with Gasteiger partial charge in [0, 0.05) is 13.1 Å². The molecule has 4 heterocycles. The lowest BCUT2D eigenvalue weighted by Crippen LogP contribution is -2.46. The average molecular weight is 481 g/mol. The second-order valence-electron chi connectivity index (χ2n) is 8.17. The quantitative estimate of drug-likeness (QED) is 0.424. The predicted octanol–water partition coefficient (Wildman–Crippen LogP) is 3.01. The number of alkyl halides is 3. The van der Waals surface area contributed by atoms with Gasteiger partial charge in [0.1, 0.15) is 23.7 Å². The van der Waals surface area contributed by atoms with E-state index < -0.39 is 43.9 Å². The molecular formula is C21H22F4N8O. The van der Waals surface area contributed by atoms with Crippen LogP contribution in [0.15, 0.2) is 24.4 Å². The minimum Gasteiger partial charge on any atom is -0.479 e. The first-order chi connectivity index (χ1) is 17.5. The Labute approximate surface area is 195 Å². The number of hydrogen-bond donors (Lipinski definition) is 1. The largest absolute Gasteiger partial charge is 0.479 e. The lowest BCUT2D eigenvalue weighted by molar-refractivity contribution is 0.122. The number of halogens is 4. The lowest BCUT2D eigenvalue weighted by atomic mass is 10.0. The Morgan fingerprint density at radius 1 is 1.35 bits per heavy atom. The summed E-state index contributed by atoms with van der Waals surface area (Å²) in [7, 11) is -1.14. The fourth-order valence-corrected chi connectivity index (χ4v) is 4.20. The van der Waals surface area contributed by atoms with E-state index in [1.54, 1.807) is 7.05 Å². The van der Waals surface area contributed by atoms with Gasteiger partial charge in [-0.25, -0.2) is 26.8 Å². The number of anilines is 1. The molecule has 13 heteroatoms. The molecule has 1 aromatic carbocycles. The molecule has 0 aliphatic carbocycles. The van der Waals surface area contributed by atoms with Crippen molar-refractivity contribution in [2.24, 2.45) is 0 Å². The van der Waals surface area contributed by atoms with Gasteiger partial charge in [0.15, 0.2) is 5.82 Å². The Hall–Kier alpha value is -3.48. The molecule has 34 heavy (non-hydrogen) atoms. The Balaban J connectivity index is 1.61. The molecular weight excluding hydrogens is 456 g/mol. The number of likely N-dealkylation sites (tertiary alicyclic amines) is 1. The first-order valence-electron chi connectivity index (χ1n) is 12.0. The summed E-state index contributed by atoms with van der Waals surface area (Å²) in [6.45, 7) is 0.109. The number of ether oxygens (including phenoxy) is 1. The molecule has 0 saturated carbocycles. The number of rotatable bonds is 6. The second-order valence-corrected chi connectivity index (χ2v) is 8.17. The van der Waals surface area contributed by atoms with Crippen molar-refractivity contribution in [2.75, 3.05) is 32.5 Å². The van der Waals surface area contributed by atoms with Crippen molar-refractivity contribution in [1.82, 2.24) is 34.5 Å². The predicted molar refractivity (Wildman–Crippen MR) is 116 cm³/mol. The lowest BCUT2D eigenvalue weighted by Gasteiger charge is -2.32. The van der Waals surface area contributed by atoms with Gasteiger partial charge in [-0.3, -0.25) is 0 Å². The monoisotopic (exact) mass is 481 g/mol. The molecule has 0 spiro atoms. The Morgan fingerprint density at radius 2 is 2.21 bits per heavy atom. The highest BCUT2D eigenvalue weighted by atomic mass is 19.3. The second kappa shape index (κ2) is 8.70. The number of aromatic nitrogens is 6. The molecule has 0 unspecified atom stereocenters. The smallest absolute Gasteiger partial charge is 0.258 e. The van der Waals surface area contributed by atoms with Crippen LogP contribution in [0, 0.1) is 5.82 Å². The molecule has 1 fully saturated rings. The molecule has 0 amide bonds. The van der Waals surface area contributed by atoms with Crippen molar-refractivity contribution in [3.63, 3.8) is 0 Å². The summed E-state index contributed by atoms with van der Waals surface area (Å²) in [4.78, 5) is 5.98. The standard InChI is InChI=1S/C21H22F4N8O/c1-31-6-5-14(12(22)8-31)26-21-27-20(34-2)19-18(13(23)9-33(19)29-21)11-3-4-15-16(7-11)32(30-28-15)10-17(24)25/h3-4,7,9,12,14,17H,5-6,8,10H2,1-2H3,(H,26,29)/t12-,14+/m1/s1/i2D3. The summed E-state index contributed by atoms with van der Waals surface area (Å²) in [5, 5.41) is 14.6. The van der Waals surface area contributed by atoms with Crippen LogP contribution in [-0.2, 0) is 6.54 Å². The summed E-state index contributed by atoms with van der Waals surface area (Å²) in [5.74, 6) is -1.39. The third kappa shape index (κ3) is 4.00. The van der Waals surface area contributed by atoms with E-state index in [1.165, 1.54) is 18.2 Å². The van der Waals surface area contributed by atoms with Gasteiger partial charge in [0.25, 0.3) is 6.43 Å². The van der Waals surface area contributed by atoms with Gasteiger partial charge >= 0.3 is 0 Å². The molecule has 9 nitrogen and oxygen atoms in total. The highest BCUT2D eigenvalue weighted by molar-refractivity contribution is 5.89. The zero-order valence-electron chi connectivity index (χ0n) is 20.9. The van der Waals surface area contributed by atoms with Gasteiger partial charge in [-0.05, 0) is 31.2 Å². The van der Waals surface area contributed by atoms with Crippen LogP contribution in [0.1, 0.15) is 10.5 Å². The SMILES string of the molecule is [2H]C([2H])([2H])Oc1nc(N[C@H]2CCN(C)C[C@H]2F)nn2cc(F)c(-c3ccc4nnn(CC(F)F)c4c3)c12. The van der Waals surface area contributed by atoms with Crippen molar-refractivity contribution in [2.45, 2.75) is 31.6 Å². The van der Waals surface area contributed by atoms with Crippen LogP contribution in [0.3, 0.4) is 0 Å². The first-order valence-corrected chi connectivity index (χ1v) is 10.5. The third-order valence-electron chi connectivity index (χ3n) is 5.82. The molecule has 2 atom stereocenters. The Kier molecular flexibility index (Phi) is 4.84. The van der Waals surface area contributed by atoms with Gasteiger partial charge in [-0.15, -0.1) is 10.2 Å². The van der Waals surface area contributed by atoms with E-state index in [4.69, 9.17) is 8.85 Å². The molecule has 5 rings (SSSR count). The van der Waals surface area contributed by atoms with E-state index in [0.29, 0.717) is 18.5 Å². The van der Waals surface area contributed by atoms with E-state index in [1.807, 2.05) is 4.90 Å². The zero-order chi connectivity index (χ0) is 26.5. The van der Waals surface area contributed by atoms with Crippen LogP contribution in [0.2, 0.25) is 0 Å². The molecule has 1 aliphatic rings. The molecule has 1 saturated heterocycles. The zero-order valence-corrected chi connectivity index (χ0v) is 17.9. The van der Waals surface area contributed by atoms with Crippen LogP contribution in [0.25, 0.3) is 27.7 Å². The minimum absolute atomic E-state index is 0.105. The average Bonchev–Trinajstić information content (AvgIpc) is 3.34. The highest BCUT2D eigenvalue weighted by Crippen LogP contribution is 2.35. The molecule has 4 aromatic rings. The van der Waals surface area contributed by atoms with E-state index >= 15 is 4.39 Å². The summed E-state index contributed by atoms with van der Waals surface area (Å²) in [5.41, 5.74) is 0.537. The van der Waals surface area contributed by atoms with E-state index in [-0.39, 0.29) is 34.7 Å². The fraction of sp³-hybridized carbons (Fsp3) is 0.429. The van der Waals surface area contributed by atoms with Crippen molar-refractivity contribution in [1.29, 1.82) is 0 Å². The van der Waals surface area contributed by atoms with Gasteiger partial charge in [-0.2, -0.15) is 4.98 Å². The highest BCUT2D eigenvalue weighted by Gasteiger charge is 2.29. The summed E-state index contributed by atoms with van der Waals surface area (Å²) < 4.78 is 85.6. The maximum absolute atomic E-state index is 15.3. The van der Waals surface area contributed by atoms with Crippen molar-refractivity contribution in [3.05, 3.63) is 30.2 Å². The summed E-state index contributed by atoms with van der Waals surface area (Å²) in [6.07, 6.45) is -2.47. The maximum atomic E-state index is 15.3. The van der Waals surface area contributed by atoms with Gasteiger partial charge in [0.05, 0.1) is 34.5 Å². The van der Waals surface area contributed by atoms with Crippen molar-refractivity contribution < 1.29 is 26.4 Å². The van der Waals surface area contributed by atoms with Crippen LogP contribution in [0.5, 0.6) is 5.88 Å². The van der Waals surface area contributed by atoms with Crippen molar-refractivity contribution >= 4 is 22.5 Å². The number of methoxy groups -OCH3 is 1. The number of hydrogen-bond acceptors (Lipinski definition) is 7. The normalized spacial score (nSPS) is 21.1. The molecule has 0 bridgehead atoms. The topological polar surface area (TPSA) is 85.4 Å². The molecule has 1 N–H and O–H groups in total. The van der Waals surface area contributed by atoms with E-state index in [9.17, 15) is 13.2 Å². The Morgan fingerprint density at radius 3 is 2.97 bits per heavy atom. The Bertz CT molecular complexity index is 1440. The number of fused-ring (bicyclic) bond motifs is 2. The number of nitrogens with zero attached hydrogens (tertiary/aromatic N) is 7. The third-order valence-corrected chi connectivity index (χ3v) is 5.82. The van der Waals surface area contributed by atoms with Crippen LogP contribution in [0.4, 0.5) is 23.5 Å². The fourth-order valence-electron chi connectivity index (χ4n) is 4.20. The van der Waals surface area contributed by atoms with E-state index in [0.717, 1.165) is 15.4 Å². The van der Waals surface area contributed by atoms with Crippen LogP contribution < -0.4 is 10.1 Å². The minimum atomic E-state index is -2.94. The number of benzene rings is 1. The van der Waals surface area contributed by atoms with Crippen molar-refractivity contribution in [3.8, 4) is 17.0 Å². The molecule has 180 valence electrons. The van der Waals surface area contributed by atoms with Gasteiger partial charge in [0.2, 0.25) is 11.8 Å². The maximum Gasteiger partial charge on any atom is 0.258 e. The number of nitrogens with one attached hydrogen (secondary N) is 1. The number of piperidine rings is 1. The molecule has 1 aliphatic heterocycles.